The lowest BCUT2D eigenvalue weighted by Gasteiger charge is -2.33. The first-order valence-corrected chi connectivity index (χ1v) is 11.0. The van der Waals surface area contributed by atoms with Crippen LogP contribution in [0.1, 0.15) is 25.7 Å². The van der Waals surface area contributed by atoms with Crippen molar-refractivity contribution in [1.82, 2.24) is 14.8 Å². The Balaban J connectivity index is 1.33. The van der Waals surface area contributed by atoms with E-state index in [0.717, 1.165) is 56.3 Å². The SMILES string of the molecule is O=C(Nc1nc2c(F)cc(F)cc2s1)C1CCCN(CCN2CCCC2C(=O)O)C1. The lowest BCUT2D eigenvalue weighted by Crippen LogP contribution is -2.45. The molecule has 1 amide bonds. The Labute approximate surface area is 176 Å². The number of carbonyl (C=O) groups excluding carboxylic acids is 1. The molecule has 0 saturated carbocycles. The first-order valence-electron chi connectivity index (χ1n) is 10.2. The van der Waals surface area contributed by atoms with Gasteiger partial charge < -0.3 is 15.3 Å². The first-order chi connectivity index (χ1) is 14.4. The van der Waals surface area contributed by atoms with Gasteiger partial charge in [0.25, 0.3) is 0 Å². The Morgan fingerprint density at radius 1 is 1.20 bits per heavy atom. The van der Waals surface area contributed by atoms with Crippen LogP contribution in [0.3, 0.4) is 0 Å². The molecule has 0 spiro atoms. The molecule has 162 valence electrons. The number of hydrogen-bond acceptors (Lipinski definition) is 6. The lowest BCUT2D eigenvalue weighted by molar-refractivity contribution is -0.142. The number of fused-ring (bicyclic) bond motifs is 1. The van der Waals surface area contributed by atoms with Crippen molar-refractivity contribution in [2.75, 3.05) is 38.0 Å². The third kappa shape index (κ3) is 4.60. The van der Waals surface area contributed by atoms with Crippen LogP contribution in [0, 0.1) is 17.6 Å². The summed E-state index contributed by atoms with van der Waals surface area (Å²) in [6.07, 6.45) is 3.21. The first kappa shape index (κ1) is 21.1. The van der Waals surface area contributed by atoms with Gasteiger partial charge in [-0.1, -0.05) is 11.3 Å². The Morgan fingerprint density at radius 3 is 2.80 bits per heavy atom. The van der Waals surface area contributed by atoms with Crippen molar-refractivity contribution in [3.63, 3.8) is 0 Å². The maximum absolute atomic E-state index is 13.8. The number of thiazole rings is 1. The maximum atomic E-state index is 13.8. The van der Waals surface area contributed by atoms with E-state index in [0.29, 0.717) is 24.2 Å². The predicted molar refractivity (Wildman–Crippen MR) is 110 cm³/mol. The van der Waals surface area contributed by atoms with Gasteiger partial charge in [-0.25, -0.2) is 13.8 Å². The second kappa shape index (κ2) is 8.91. The quantitative estimate of drug-likeness (QED) is 0.722. The van der Waals surface area contributed by atoms with Crippen LogP contribution in [0.25, 0.3) is 10.2 Å². The van der Waals surface area contributed by atoms with Crippen molar-refractivity contribution in [1.29, 1.82) is 0 Å². The van der Waals surface area contributed by atoms with Crippen molar-refractivity contribution in [3.8, 4) is 0 Å². The second-order valence-corrected chi connectivity index (χ2v) is 8.95. The fourth-order valence-electron chi connectivity index (χ4n) is 4.33. The third-order valence-corrected chi connectivity index (χ3v) is 6.79. The summed E-state index contributed by atoms with van der Waals surface area (Å²) in [6, 6.07) is 1.58. The molecule has 0 bridgehead atoms. The summed E-state index contributed by atoms with van der Waals surface area (Å²) in [5, 5.41) is 12.3. The Hall–Kier alpha value is -2.17. The van der Waals surface area contributed by atoms with E-state index in [1.165, 1.54) is 6.07 Å². The molecule has 2 aromatic rings. The number of carbonyl (C=O) groups is 2. The van der Waals surface area contributed by atoms with E-state index >= 15 is 0 Å². The number of halogens is 2. The van der Waals surface area contributed by atoms with Gasteiger partial charge in [-0.15, -0.1) is 0 Å². The predicted octanol–water partition coefficient (Wildman–Crippen LogP) is 2.77. The fourth-order valence-corrected chi connectivity index (χ4v) is 5.24. The van der Waals surface area contributed by atoms with Gasteiger partial charge in [0.05, 0.1) is 10.6 Å². The van der Waals surface area contributed by atoms with Gasteiger partial charge in [0, 0.05) is 25.7 Å². The van der Waals surface area contributed by atoms with Crippen LogP contribution in [0.2, 0.25) is 0 Å². The Kier molecular flexibility index (Phi) is 6.26. The molecular weight excluding hydrogens is 414 g/mol. The molecule has 30 heavy (non-hydrogen) atoms. The minimum Gasteiger partial charge on any atom is -0.480 e. The zero-order chi connectivity index (χ0) is 21.3. The van der Waals surface area contributed by atoms with Crippen LogP contribution in [-0.2, 0) is 9.59 Å². The molecule has 4 rings (SSSR count). The van der Waals surface area contributed by atoms with Crippen molar-refractivity contribution in [2.24, 2.45) is 5.92 Å². The molecule has 3 heterocycles. The number of carboxylic acids is 1. The summed E-state index contributed by atoms with van der Waals surface area (Å²) >= 11 is 1.05. The molecule has 1 aromatic carbocycles. The summed E-state index contributed by atoms with van der Waals surface area (Å²) in [7, 11) is 0. The van der Waals surface area contributed by atoms with E-state index in [4.69, 9.17) is 0 Å². The molecular formula is C20H24F2N4O3S. The second-order valence-electron chi connectivity index (χ2n) is 7.91. The molecule has 2 N–H and O–H groups in total. The minimum absolute atomic E-state index is 0.0561. The molecule has 2 atom stereocenters. The number of piperidine rings is 1. The largest absolute Gasteiger partial charge is 0.480 e. The van der Waals surface area contributed by atoms with E-state index in [1.54, 1.807) is 0 Å². The highest BCUT2D eigenvalue weighted by molar-refractivity contribution is 7.22. The van der Waals surface area contributed by atoms with Gasteiger partial charge in [-0.2, -0.15) is 0 Å². The molecule has 0 aliphatic carbocycles. The number of benzene rings is 1. The number of amides is 1. The molecule has 10 heteroatoms. The van der Waals surface area contributed by atoms with Crippen LogP contribution in [0.4, 0.5) is 13.9 Å². The summed E-state index contributed by atoms with van der Waals surface area (Å²) in [5.74, 6) is -2.58. The molecule has 2 unspecified atom stereocenters. The molecule has 2 saturated heterocycles. The zero-order valence-corrected chi connectivity index (χ0v) is 17.3. The van der Waals surface area contributed by atoms with Gasteiger partial charge in [-0.05, 0) is 44.8 Å². The highest BCUT2D eigenvalue weighted by Gasteiger charge is 2.31. The number of hydrogen-bond donors (Lipinski definition) is 2. The summed E-state index contributed by atoms with van der Waals surface area (Å²) in [4.78, 5) is 32.3. The van der Waals surface area contributed by atoms with E-state index in [9.17, 15) is 23.5 Å². The maximum Gasteiger partial charge on any atom is 0.320 e. The van der Waals surface area contributed by atoms with Crippen molar-refractivity contribution in [3.05, 3.63) is 23.8 Å². The smallest absolute Gasteiger partial charge is 0.320 e. The summed E-state index contributed by atoms with van der Waals surface area (Å²) < 4.78 is 27.6. The van der Waals surface area contributed by atoms with Crippen molar-refractivity contribution >= 4 is 38.6 Å². The van der Waals surface area contributed by atoms with Crippen LogP contribution < -0.4 is 5.32 Å². The highest BCUT2D eigenvalue weighted by Crippen LogP contribution is 2.29. The molecule has 2 fully saturated rings. The lowest BCUT2D eigenvalue weighted by atomic mass is 9.97. The van der Waals surface area contributed by atoms with Gasteiger partial charge in [-0.3, -0.25) is 14.5 Å². The number of likely N-dealkylation sites (tertiary alicyclic amines) is 2. The average Bonchev–Trinajstić information content (AvgIpc) is 3.33. The van der Waals surface area contributed by atoms with Gasteiger partial charge in [0.1, 0.15) is 17.4 Å². The normalized spacial score (nSPS) is 23.1. The number of carboxylic acid groups (broad SMARTS) is 1. The molecule has 2 aliphatic heterocycles. The average molecular weight is 439 g/mol. The van der Waals surface area contributed by atoms with Crippen LogP contribution in [-0.4, -0.2) is 70.5 Å². The molecule has 1 aromatic heterocycles. The monoisotopic (exact) mass is 438 g/mol. The Bertz CT molecular complexity index is 954. The summed E-state index contributed by atoms with van der Waals surface area (Å²) in [6.45, 7) is 3.66. The number of nitrogens with zero attached hydrogens (tertiary/aromatic N) is 3. The summed E-state index contributed by atoms with van der Waals surface area (Å²) in [5.41, 5.74) is 0.0561. The number of aliphatic carboxylic acids is 1. The number of rotatable bonds is 6. The topological polar surface area (TPSA) is 85.8 Å². The van der Waals surface area contributed by atoms with Gasteiger partial charge >= 0.3 is 5.97 Å². The standard InChI is InChI=1S/C20H24F2N4O3S/c21-13-9-14(22)17-16(10-13)30-20(23-17)24-18(27)12-3-1-5-25(11-12)7-8-26-6-2-4-15(26)19(28)29/h9-10,12,15H,1-8,11H2,(H,28,29)(H,23,24,27). The van der Waals surface area contributed by atoms with Gasteiger partial charge in [0.2, 0.25) is 5.91 Å². The number of nitrogens with one attached hydrogen (secondary N) is 1. The van der Waals surface area contributed by atoms with E-state index in [-0.39, 0.29) is 22.5 Å². The Morgan fingerprint density at radius 2 is 2.00 bits per heavy atom. The number of anilines is 1. The van der Waals surface area contributed by atoms with Crippen LogP contribution in [0.5, 0.6) is 0 Å². The van der Waals surface area contributed by atoms with Crippen LogP contribution in [0.15, 0.2) is 12.1 Å². The van der Waals surface area contributed by atoms with Crippen molar-refractivity contribution < 1.29 is 23.5 Å². The fraction of sp³-hybridized carbons (Fsp3) is 0.550. The minimum atomic E-state index is -0.768. The highest BCUT2D eigenvalue weighted by atomic mass is 32.1. The molecule has 0 radical (unpaired) electrons. The number of aromatic nitrogens is 1. The van der Waals surface area contributed by atoms with Crippen molar-refractivity contribution in [2.45, 2.75) is 31.7 Å². The van der Waals surface area contributed by atoms with Gasteiger partial charge in [0.15, 0.2) is 10.9 Å². The van der Waals surface area contributed by atoms with E-state index in [1.807, 2.05) is 4.90 Å². The zero-order valence-electron chi connectivity index (χ0n) is 16.4. The van der Waals surface area contributed by atoms with E-state index < -0.39 is 23.6 Å². The van der Waals surface area contributed by atoms with E-state index in [2.05, 4.69) is 15.2 Å². The third-order valence-electron chi connectivity index (χ3n) is 5.87. The molecule has 7 nitrogen and oxygen atoms in total. The molecule has 2 aliphatic rings. The van der Waals surface area contributed by atoms with Crippen LogP contribution >= 0.6 is 11.3 Å².